The van der Waals surface area contributed by atoms with Crippen LogP contribution in [0.4, 0.5) is 11.4 Å². The Balaban J connectivity index is 2.72. The van der Waals surface area contributed by atoms with Gasteiger partial charge in [-0.05, 0) is 12.3 Å². The minimum absolute atomic E-state index is 0.913. The molecule has 1 aliphatic rings. The molecule has 0 amide bonds. The highest BCUT2D eigenvalue weighted by Crippen LogP contribution is 2.38. The van der Waals surface area contributed by atoms with Crippen LogP contribution in [0, 0.1) is 0 Å². The van der Waals surface area contributed by atoms with Crippen LogP contribution in [-0.4, -0.2) is 20.3 Å². The van der Waals surface area contributed by atoms with Crippen LogP contribution in [0.5, 0.6) is 0 Å². The first-order valence-corrected chi connectivity index (χ1v) is 4.91. The van der Waals surface area contributed by atoms with Crippen LogP contribution in [0.1, 0.15) is 11.1 Å². The monoisotopic (exact) mass is 198 g/mol. The van der Waals surface area contributed by atoms with Crippen molar-refractivity contribution in [1.29, 1.82) is 0 Å². The molecule has 0 aliphatic carbocycles. The van der Waals surface area contributed by atoms with Crippen molar-refractivity contribution in [2.75, 3.05) is 18.5 Å². The van der Waals surface area contributed by atoms with E-state index in [0.717, 1.165) is 23.5 Å². The number of benzene rings is 1. The molecule has 2 nitrogen and oxygen atoms in total. The topological polar surface area (TPSA) is 15.6 Å². The quantitative estimate of drug-likeness (QED) is 0.667. The number of rotatable bonds is 2. The summed E-state index contributed by atoms with van der Waals surface area (Å²) < 4.78 is 0. The van der Waals surface area contributed by atoms with Gasteiger partial charge >= 0.3 is 0 Å². The van der Waals surface area contributed by atoms with Gasteiger partial charge in [0, 0.05) is 19.2 Å². The molecular formula is C13H14N2. The molecule has 0 saturated carbocycles. The predicted molar refractivity (Wildman–Crippen MR) is 68.0 cm³/mol. The van der Waals surface area contributed by atoms with E-state index < -0.39 is 0 Å². The number of fused-ring (bicyclic) bond motifs is 1. The fourth-order valence-corrected chi connectivity index (χ4v) is 1.91. The zero-order chi connectivity index (χ0) is 10.8. The number of nitrogens with zero attached hydrogens (tertiary/aromatic N) is 2. The van der Waals surface area contributed by atoms with Crippen molar-refractivity contribution in [3.05, 3.63) is 35.9 Å². The molecule has 0 fully saturated rings. The van der Waals surface area contributed by atoms with E-state index in [1.165, 1.54) is 5.56 Å². The molecule has 1 heterocycles. The maximum absolute atomic E-state index is 4.11. The highest BCUT2D eigenvalue weighted by Gasteiger charge is 2.15. The van der Waals surface area contributed by atoms with E-state index in [2.05, 4.69) is 48.5 Å². The summed E-state index contributed by atoms with van der Waals surface area (Å²) in [6.07, 6.45) is 6.08. The molecule has 0 spiro atoms. The zero-order valence-corrected chi connectivity index (χ0v) is 8.90. The summed E-state index contributed by atoms with van der Waals surface area (Å²) in [6.45, 7) is 8.34. The fourth-order valence-electron chi connectivity index (χ4n) is 1.91. The van der Waals surface area contributed by atoms with Gasteiger partial charge in [-0.2, -0.15) is 0 Å². The van der Waals surface area contributed by atoms with Crippen molar-refractivity contribution in [2.45, 2.75) is 0 Å². The van der Waals surface area contributed by atoms with Crippen LogP contribution >= 0.6 is 0 Å². The van der Waals surface area contributed by atoms with E-state index in [-0.39, 0.29) is 0 Å². The fraction of sp³-hybridized carbons (Fsp3) is 0.154. The lowest BCUT2D eigenvalue weighted by molar-refractivity contribution is 1.02. The van der Waals surface area contributed by atoms with Gasteiger partial charge in [-0.3, -0.25) is 4.99 Å². The van der Waals surface area contributed by atoms with E-state index >= 15 is 0 Å². The molecule has 1 aliphatic heterocycles. The molecule has 2 heteroatoms. The lowest BCUT2D eigenvalue weighted by Gasteiger charge is -2.26. The van der Waals surface area contributed by atoms with Gasteiger partial charge in [0.15, 0.2) is 0 Å². The Morgan fingerprint density at radius 3 is 2.93 bits per heavy atom. The zero-order valence-electron chi connectivity index (χ0n) is 8.90. The molecule has 2 rings (SSSR count). The summed E-state index contributed by atoms with van der Waals surface area (Å²) in [5, 5.41) is 0. The number of aliphatic imine (C=N–C) groups is 1. The minimum Gasteiger partial charge on any atom is -0.369 e. The van der Waals surface area contributed by atoms with Crippen molar-refractivity contribution in [2.24, 2.45) is 4.99 Å². The molecule has 0 unspecified atom stereocenters. The van der Waals surface area contributed by atoms with Crippen molar-refractivity contribution < 1.29 is 0 Å². The summed E-state index contributed by atoms with van der Waals surface area (Å²) in [5.41, 5.74) is 4.29. The summed E-state index contributed by atoms with van der Waals surface area (Å²) in [7, 11) is 2.06. The van der Waals surface area contributed by atoms with Crippen LogP contribution in [0.2, 0.25) is 0 Å². The molecule has 1 aromatic rings. The van der Waals surface area contributed by atoms with Crippen molar-refractivity contribution in [3.63, 3.8) is 0 Å². The van der Waals surface area contributed by atoms with Crippen LogP contribution in [-0.2, 0) is 0 Å². The third-order valence-electron chi connectivity index (χ3n) is 2.65. The highest BCUT2D eigenvalue weighted by atomic mass is 15.1. The number of anilines is 1. The van der Waals surface area contributed by atoms with Crippen LogP contribution in [0.25, 0.3) is 12.2 Å². The highest BCUT2D eigenvalue weighted by molar-refractivity contribution is 5.87. The number of likely N-dealkylation sites (N-methyl/N-ethyl adjacent to an activating group) is 1. The Morgan fingerprint density at radius 1 is 1.47 bits per heavy atom. The lowest BCUT2D eigenvalue weighted by atomic mass is 10.0. The summed E-state index contributed by atoms with van der Waals surface area (Å²) in [4.78, 5) is 6.28. The maximum atomic E-state index is 4.11. The molecule has 1 aromatic carbocycles. The number of hydrogen-bond donors (Lipinski definition) is 0. The second-order valence-electron chi connectivity index (χ2n) is 3.59. The molecule has 0 radical (unpaired) electrons. The molecule has 0 saturated heterocycles. The molecule has 15 heavy (non-hydrogen) atoms. The van der Waals surface area contributed by atoms with E-state index in [0.29, 0.717) is 0 Å². The largest absolute Gasteiger partial charge is 0.369 e. The van der Waals surface area contributed by atoms with Gasteiger partial charge in [0.1, 0.15) is 0 Å². The SMILES string of the molecule is C=Cc1ccc2c(c1N=C)N(C)CC=C2. The summed E-state index contributed by atoms with van der Waals surface area (Å²) in [6, 6.07) is 4.12. The molecule has 76 valence electrons. The van der Waals surface area contributed by atoms with Crippen molar-refractivity contribution in [3.8, 4) is 0 Å². The third kappa shape index (κ3) is 1.48. The second-order valence-corrected chi connectivity index (χ2v) is 3.59. The second kappa shape index (κ2) is 3.73. The Labute approximate surface area is 90.3 Å². The van der Waals surface area contributed by atoms with Gasteiger partial charge in [-0.25, -0.2) is 0 Å². The van der Waals surface area contributed by atoms with Crippen LogP contribution in [0.3, 0.4) is 0 Å². The molecule has 0 N–H and O–H groups in total. The van der Waals surface area contributed by atoms with Gasteiger partial charge in [-0.15, -0.1) is 0 Å². The Morgan fingerprint density at radius 2 is 2.27 bits per heavy atom. The standard InChI is InChI=1S/C13H14N2/c1-4-10-7-8-11-6-5-9-15(3)13(11)12(10)14-2/h4-8H,1-2,9H2,3H3. The molecule has 0 aromatic heterocycles. The third-order valence-corrected chi connectivity index (χ3v) is 2.65. The Bertz CT molecular complexity index is 444. The first-order chi connectivity index (χ1) is 7.27. The molecular weight excluding hydrogens is 184 g/mol. The first-order valence-electron chi connectivity index (χ1n) is 4.91. The van der Waals surface area contributed by atoms with Gasteiger partial charge < -0.3 is 4.90 Å². The van der Waals surface area contributed by atoms with E-state index in [1.54, 1.807) is 0 Å². The van der Waals surface area contributed by atoms with Gasteiger partial charge in [-0.1, -0.05) is 36.9 Å². The van der Waals surface area contributed by atoms with Crippen LogP contribution in [0.15, 0.2) is 29.8 Å². The normalized spacial score (nSPS) is 13.5. The Kier molecular flexibility index (Phi) is 2.42. The summed E-state index contributed by atoms with van der Waals surface area (Å²) >= 11 is 0. The van der Waals surface area contributed by atoms with E-state index in [1.807, 2.05) is 12.1 Å². The van der Waals surface area contributed by atoms with Gasteiger partial charge in [0.2, 0.25) is 0 Å². The van der Waals surface area contributed by atoms with Gasteiger partial charge in [0.25, 0.3) is 0 Å². The van der Waals surface area contributed by atoms with E-state index in [4.69, 9.17) is 0 Å². The Hall–Kier alpha value is -1.83. The van der Waals surface area contributed by atoms with Gasteiger partial charge in [0.05, 0.1) is 11.4 Å². The summed E-state index contributed by atoms with van der Waals surface area (Å²) in [5.74, 6) is 0. The number of hydrogen-bond acceptors (Lipinski definition) is 2. The van der Waals surface area contributed by atoms with Crippen LogP contribution < -0.4 is 4.90 Å². The maximum Gasteiger partial charge on any atom is 0.0933 e. The van der Waals surface area contributed by atoms with Crippen molar-refractivity contribution in [1.82, 2.24) is 0 Å². The molecule has 0 bridgehead atoms. The van der Waals surface area contributed by atoms with E-state index in [9.17, 15) is 0 Å². The predicted octanol–water partition coefficient (Wildman–Crippen LogP) is 3.12. The minimum atomic E-state index is 0.913. The first kappa shape index (κ1) is 9.71. The molecule has 0 atom stereocenters. The smallest absolute Gasteiger partial charge is 0.0933 e. The average Bonchev–Trinajstić information content (AvgIpc) is 2.28. The lowest BCUT2D eigenvalue weighted by Crippen LogP contribution is -2.20. The average molecular weight is 198 g/mol. The van der Waals surface area contributed by atoms with Crippen molar-refractivity contribution >= 4 is 30.2 Å².